The molecule has 2 heterocycles. The number of aromatic nitrogens is 3. The molecule has 0 aliphatic heterocycles. The van der Waals surface area contributed by atoms with E-state index >= 15 is 0 Å². The Morgan fingerprint density at radius 2 is 2.31 bits per heavy atom. The van der Waals surface area contributed by atoms with E-state index in [1.54, 1.807) is 6.20 Å². The molecule has 84 valence electrons. The predicted octanol–water partition coefficient (Wildman–Crippen LogP) is 1.43. The number of rotatable bonds is 2. The van der Waals surface area contributed by atoms with Crippen LogP contribution in [0, 0.1) is 11.3 Å². The Bertz CT molecular complexity index is 496. The highest BCUT2D eigenvalue weighted by Crippen LogP contribution is 2.63. The molecule has 0 unspecified atom stereocenters. The summed E-state index contributed by atoms with van der Waals surface area (Å²) in [5.41, 5.74) is 8.10. The van der Waals surface area contributed by atoms with Gasteiger partial charge in [-0.15, -0.1) is 0 Å². The maximum Gasteiger partial charge on any atom is 0.155 e. The van der Waals surface area contributed by atoms with Crippen LogP contribution in [0.2, 0.25) is 0 Å². The molecule has 16 heavy (non-hydrogen) atoms. The highest BCUT2D eigenvalue weighted by Gasteiger charge is 2.58. The molecule has 0 aromatic carbocycles. The zero-order chi connectivity index (χ0) is 11.3. The molecule has 0 spiro atoms. The van der Waals surface area contributed by atoms with Crippen LogP contribution in [0.5, 0.6) is 0 Å². The predicted molar refractivity (Wildman–Crippen MR) is 62.1 cm³/mol. The van der Waals surface area contributed by atoms with E-state index in [9.17, 15) is 0 Å². The molecular formula is C12H16N4. The van der Waals surface area contributed by atoms with Crippen molar-refractivity contribution < 1.29 is 0 Å². The van der Waals surface area contributed by atoms with Crippen LogP contribution in [0.1, 0.15) is 25.5 Å². The fourth-order valence-corrected chi connectivity index (χ4v) is 2.77. The van der Waals surface area contributed by atoms with Gasteiger partial charge in [-0.25, -0.2) is 9.50 Å². The Balaban J connectivity index is 2.02. The number of nitrogens with zero attached hydrogens (tertiary/aromatic N) is 3. The van der Waals surface area contributed by atoms with Crippen molar-refractivity contribution in [1.29, 1.82) is 0 Å². The van der Waals surface area contributed by atoms with Crippen molar-refractivity contribution in [3.8, 4) is 0 Å². The molecule has 2 N–H and O–H groups in total. The van der Waals surface area contributed by atoms with Crippen LogP contribution in [0.3, 0.4) is 0 Å². The lowest BCUT2D eigenvalue weighted by molar-refractivity contribution is 0.557. The molecule has 3 rings (SSSR count). The Kier molecular flexibility index (Phi) is 1.86. The Morgan fingerprint density at radius 1 is 1.50 bits per heavy atom. The van der Waals surface area contributed by atoms with Crippen LogP contribution in [0.25, 0.3) is 5.65 Å². The van der Waals surface area contributed by atoms with Gasteiger partial charge in [-0.05, 0) is 23.9 Å². The van der Waals surface area contributed by atoms with Crippen molar-refractivity contribution in [2.45, 2.75) is 19.8 Å². The number of hydrogen-bond acceptors (Lipinski definition) is 3. The monoisotopic (exact) mass is 216 g/mol. The van der Waals surface area contributed by atoms with Crippen LogP contribution < -0.4 is 5.73 Å². The van der Waals surface area contributed by atoms with Gasteiger partial charge in [-0.2, -0.15) is 5.10 Å². The van der Waals surface area contributed by atoms with Gasteiger partial charge in [0.15, 0.2) is 5.65 Å². The van der Waals surface area contributed by atoms with E-state index in [1.165, 1.54) is 0 Å². The van der Waals surface area contributed by atoms with Crippen LogP contribution in [0.4, 0.5) is 0 Å². The van der Waals surface area contributed by atoms with Crippen LogP contribution in [-0.4, -0.2) is 21.1 Å². The fraction of sp³-hybridized carbons (Fsp3) is 0.500. The summed E-state index contributed by atoms with van der Waals surface area (Å²) >= 11 is 0. The van der Waals surface area contributed by atoms with E-state index < -0.39 is 0 Å². The standard InChI is InChI=1S/C12H16N4/c1-12(2)8(7-13)11(12)9-6-10-14-4-3-5-16(10)15-9/h3-6,8,11H,7,13H2,1-2H3/t8-,11+/m0/s1. The SMILES string of the molecule is CC1(C)[C@@H](CN)[C@@H]1c1cc2ncccn2n1. The minimum atomic E-state index is 0.284. The van der Waals surface area contributed by atoms with E-state index in [1.807, 2.05) is 16.8 Å². The summed E-state index contributed by atoms with van der Waals surface area (Å²) in [5.74, 6) is 1.04. The fourth-order valence-electron chi connectivity index (χ4n) is 2.77. The Hall–Kier alpha value is -1.42. The third kappa shape index (κ3) is 1.19. The van der Waals surface area contributed by atoms with E-state index in [0.717, 1.165) is 17.9 Å². The molecule has 0 bridgehead atoms. The molecule has 1 aliphatic carbocycles. The van der Waals surface area contributed by atoms with Gasteiger partial charge in [0.25, 0.3) is 0 Å². The number of hydrogen-bond donors (Lipinski definition) is 1. The second-order valence-corrected chi connectivity index (χ2v) is 5.13. The van der Waals surface area contributed by atoms with Crippen molar-refractivity contribution in [3.05, 3.63) is 30.2 Å². The van der Waals surface area contributed by atoms with Crippen molar-refractivity contribution in [1.82, 2.24) is 14.6 Å². The lowest BCUT2D eigenvalue weighted by atomic mass is 10.1. The van der Waals surface area contributed by atoms with Gasteiger partial charge in [0.05, 0.1) is 5.69 Å². The molecule has 2 atom stereocenters. The summed E-state index contributed by atoms with van der Waals surface area (Å²) in [4.78, 5) is 4.28. The van der Waals surface area contributed by atoms with Crippen molar-refractivity contribution in [2.24, 2.45) is 17.1 Å². The summed E-state index contributed by atoms with van der Waals surface area (Å²) in [6, 6.07) is 3.96. The quantitative estimate of drug-likeness (QED) is 0.826. The number of fused-ring (bicyclic) bond motifs is 1. The molecule has 0 saturated heterocycles. The van der Waals surface area contributed by atoms with Gasteiger partial charge in [0.2, 0.25) is 0 Å². The van der Waals surface area contributed by atoms with Gasteiger partial charge >= 0.3 is 0 Å². The number of nitrogens with two attached hydrogens (primary N) is 1. The van der Waals surface area contributed by atoms with Crippen LogP contribution >= 0.6 is 0 Å². The maximum atomic E-state index is 5.78. The first-order chi connectivity index (χ1) is 7.64. The first-order valence-corrected chi connectivity index (χ1v) is 5.65. The molecule has 1 saturated carbocycles. The van der Waals surface area contributed by atoms with Crippen LogP contribution in [0.15, 0.2) is 24.5 Å². The minimum Gasteiger partial charge on any atom is -0.330 e. The van der Waals surface area contributed by atoms with E-state index in [-0.39, 0.29) is 5.41 Å². The second-order valence-electron chi connectivity index (χ2n) is 5.13. The van der Waals surface area contributed by atoms with Gasteiger partial charge < -0.3 is 5.73 Å². The zero-order valence-corrected chi connectivity index (χ0v) is 9.59. The van der Waals surface area contributed by atoms with Gasteiger partial charge in [0.1, 0.15) is 0 Å². The molecule has 4 heteroatoms. The van der Waals surface area contributed by atoms with Crippen LogP contribution in [-0.2, 0) is 0 Å². The maximum absolute atomic E-state index is 5.78. The highest BCUT2D eigenvalue weighted by molar-refractivity contribution is 5.42. The topological polar surface area (TPSA) is 56.2 Å². The molecule has 0 radical (unpaired) electrons. The molecular weight excluding hydrogens is 200 g/mol. The second kappa shape index (κ2) is 3.04. The molecule has 1 aliphatic rings. The normalized spacial score (nSPS) is 27.2. The first kappa shape index (κ1) is 9.78. The lowest BCUT2D eigenvalue weighted by Crippen LogP contribution is -2.05. The summed E-state index contributed by atoms with van der Waals surface area (Å²) in [5, 5.41) is 4.57. The van der Waals surface area contributed by atoms with Gasteiger partial charge in [-0.1, -0.05) is 13.8 Å². The molecule has 0 amide bonds. The first-order valence-electron chi connectivity index (χ1n) is 5.65. The summed E-state index contributed by atoms with van der Waals surface area (Å²) in [7, 11) is 0. The summed E-state index contributed by atoms with van der Waals surface area (Å²) in [6.45, 7) is 5.25. The largest absolute Gasteiger partial charge is 0.330 e. The highest BCUT2D eigenvalue weighted by atomic mass is 15.2. The third-order valence-electron chi connectivity index (χ3n) is 3.88. The van der Waals surface area contributed by atoms with E-state index in [4.69, 9.17) is 5.73 Å². The zero-order valence-electron chi connectivity index (χ0n) is 9.59. The molecule has 2 aromatic rings. The molecule has 2 aromatic heterocycles. The van der Waals surface area contributed by atoms with Gasteiger partial charge in [0, 0.05) is 24.4 Å². The van der Waals surface area contributed by atoms with Crippen molar-refractivity contribution >= 4 is 5.65 Å². The van der Waals surface area contributed by atoms with Crippen molar-refractivity contribution in [2.75, 3.05) is 6.54 Å². The summed E-state index contributed by atoms with van der Waals surface area (Å²) in [6.07, 6.45) is 3.72. The lowest BCUT2D eigenvalue weighted by Gasteiger charge is -1.98. The van der Waals surface area contributed by atoms with E-state index in [0.29, 0.717) is 11.8 Å². The van der Waals surface area contributed by atoms with E-state index in [2.05, 4.69) is 30.0 Å². The summed E-state index contributed by atoms with van der Waals surface area (Å²) < 4.78 is 1.83. The Morgan fingerprint density at radius 3 is 2.94 bits per heavy atom. The average Bonchev–Trinajstić information content (AvgIpc) is 2.65. The average molecular weight is 216 g/mol. The Labute approximate surface area is 94.5 Å². The van der Waals surface area contributed by atoms with Crippen molar-refractivity contribution in [3.63, 3.8) is 0 Å². The molecule has 1 fully saturated rings. The minimum absolute atomic E-state index is 0.284. The van der Waals surface area contributed by atoms with Gasteiger partial charge in [-0.3, -0.25) is 0 Å². The molecule has 4 nitrogen and oxygen atoms in total. The third-order valence-corrected chi connectivity index (χ3v) is 3.88. The smallest absolute Gasteiger partial charge is 0.155 e.